The van der Waals surface area contributed by atoms with Crippen molar-refractivity contribution in [1.82, 2.24) is 0 Å². The second kappa shape index (κ2) is 11.9. The van der Waals surface area contributed by atoms with E-state index in [4.69, 9.17) is 9.84 Å². The molecule has 0 spiro atoms. The van der Waals surface area contributed by atoms with Gasteiger partial charge in [0.15, 0.2) is 0 Å². The van der Waals surface area contributed by atoms with Gasteiger partial charge in [-0.25, -0.2) is 4.39 Å². The minimum atomic E-state index is -0.872. The third-order valence-electron chi connectivity index (χ3n) is 6.97. The third kappa shape index (κ3) is 6.32. The monoisotopic (exact) mass is 460 g/mol. The summed E-state index contributed by atoms with van der Waals surface area (Å²) in [5, 5.41) is 11.2. The van der Waals surface area contributed by atoms with Crippen molar-refractivity contribution >= 4 is 16.7 Å². The predicted molar refractivity (Wildman–Crippen MR) is 135 cm³/mol. The highest BCUT2D eigenvalue weighted by Gasteiger charge is 2.43. The lowest BCUT2D eigenvalue weighted by Crippen LogP contribution is -2.22. The number of benzene rings is 3. The molecule has 4 rings (SSSR count). The highest BCUT2D eigenvalue weighted by molar-refractivity contribution is 5.82. The van der Waals surface area contributed by atoms with E-state index in [2.05, 4.69) is 42.5 Å². The lowest BCUT2D eigenvalue weighted by atomic mass is 9.84. The third-order valence-corrected chi connectivity index (χ3v) is 6.97. The quantitative estimate of drug-likeness (QED) is 0.241. The minimum Gasteiger partial charge on any atom is -0.481 e. The van der Waals surface area contributed by atoms with Gasteiger partial charge in [0.1, 0.15) is 6.17 Å². The van der Waals surface area contributed by atoms with Crippen LogP contribution in [0.15, 0.2) is 84.9 Å². The van der Waals surface area contributed by atoms with Gasteiger partial charge in [-0.1, -0.05) is 78.9 Å². The van der Waals surface area contributed by atoms with E-state index in [0.717, 1.165) is 5.56 Å². The van der Waals surface area contributed by atoms with Crippen LogP contribution in [0.4, 0.5) is 4.39 Å². The number of alkyl halides is 1. The molecule has 3 nitrogen and oxygen atoms in total. The molecule has 0 aliphatic heterocycles. The van der Waals surface area contributed by atoms with Crippen molar-refractivity contribution in [2.45, 2.75) is 50.8 Å². The van der Waals surface area contributed by atoms with Gasteiger partial charge in [-0.3, -0.25) is 4.79 Å². The van der Waals surface area contributed by atoms with E-state index in [-0.39, 0.29) is 24.2 Å². The van der Waals surface area contributed by atoms with Crippen molar-refractivity contribution in [1.29, 1.82) is 0 Å². The zero-order valence-corrected chi connectivity index (χ0v) is 19.5. The van der Waals surface area contributed by atoms with Crippen LogP contribution < -0.4 is 0 Å². The van der Waals surface area contributed by atoms with Gasteiger partial charge >= 0.3 is 5.97 Å². The average Bonchev–Trinajstić information content (AvgIpc) is 3.16. The first-order chi connectivity index (χ1) is 16.6. The van der Waals surface area contributed by atoms with Crippen molar-refractivity contribution in [3.8, 4) is 0 Å². The van der Waals surface area contributed by atoms with Gasteiger partial charge in [0.25, 0.3) is 0 Å². The second-order valence-electron chi connectivity index (χ2n) is 9.29. The normalized spacial score (nSPS) is 22.5. The number of aliphatic carboxylic acids is 1. The second-order valence-corrected chi connectivity index (χ2v) is 9.29. The van der Waals surface area contributed by atoms with Crippen LogP contribution in [0, 0.1) is 11.8 Å². The van der Waals surface area contributed by atoms with Crippen LogP contribution in [0.5, 0.6) is 0 Å². The Balaban J connectivity index is 1.41. The maximum atomic E-state index is 15.2. The van der Waals surface area contributed by atoms with Gasteiger partial charge < -0.3 is 9.84 Å². The molecule has 178 valence electrons. The average molecular weight is 461 g/mol. The Hall–Kier alpha value is -2.98. The Labute approximate surface area is 201 Å². The van der Waals surface area contributed by atoms with Gasteiger partial charge in [0.05, 0.1) is 13.2 Å². The Kier molecular flexibility index (Phi) is 8.48. The van der Waals surface area contributed by atoms with Crippen molar-refractivity contribution in [2.24, 2.45) is 11.8 Å². The lowest BCUT2D eigenvalue weighted by Gasteiger charge is -2.25. The number of hydrogen-bond donors (Lipinski definition) is 1. The zero-order valence-electron chi connectivity index (χ0n) is 19.5. The van der Waals surface area contributed by atoms with Crippen molar-refractivity contribution in [3.05, 3.63) is 96.1 Å². The van der Waals surface area contributed by atoms with E-state index in [1.807, 2.05) is 42.5 Å². The van der Waals surface area contributed by atoms with Crippen LogP contribution in [-0.2, 0) is 16.1 Å². The molecular formula is C30H33FO3. The zero-order chi connectivity index (χ0) is 23.8. The van der Waals surface area contributed by atoms with E-state index >= 15 is 4.39 Å². The van der Waals surface area contributed by atoms with Gasteiger partial charge in [0, 0.05) is 6.42 Å². The van der Waals surface area contributed by atoms with Crippen LogP contribution >= 0.6 is 0 Å². The molecule has 0 bridgehead atoms. The molecule has 0 heterocycles. The predicted octanol–water partition coefficient (Wildman–Crippen LogP) is 7.32. The van der Waals surface area contributed by atoms with Crippen molar-refractivity contribution < 1.29 is 19.0 Å². The lowest BCUT2D eigenvalue weighted by molar-refractivity contribution is -0.137. The Morgan fingerprint density at radius 3 is 2.53 bits per heavy atom. The highest BCUT2D eigenvalue weighted by atomic mass is 19.1. The number of hydrogen-bond acceptors (Lipinski definition) is 2. The van der Waals surface area contributed by atoms with E-state index < -0.39 is 12.1 Å². The summed E-state index contributed by atoms with van der Waals surface area (Å²) in [6.07, 6.45) is 5.82. The molecule has 3 aromatic rings. The number of ether oxygens (including phenoxy) is 1. The van der Waals surface area contributed by atoms with Crippen LogP contribution in [0.25, 0.3) is 10.8 Å². The Morgan fingerprint density at radius 1 is 0.971 bits per heavy atom. The maximum Gasteiger partial charge on any atom is 0.303 e. The van der Waals surface area contributed by atoms with Crippen molar-refractivity contribution in [2.75, 3.05) is 6.61 Å². The van der Waals surface area contributed by atoms with Gasteiger partial charge in [0.2, 0.25) is 0 Å². The number of carbonyl (C=O) groups is 1. The number of rotatable bonds is 11. The SMILES string of the molecule is O=C(O)CCC/C=C\C[C@H]1[C@@H](F)CC(c2ccccc2)[C@@H]1COCc1ccc2ccccc2c1. The fourth-order valence-corrected chi connectivity index (χ4v) is 5.19. The number of unbranched alkanes of at least 4 members (excludes halogenated alkanes) is 1. The van der Waals surface area contributed by atoms with Crippen LogP contribution in [-0.4, -0.2) is 23.9 Å². The van der Waals surface area contributed by atoms with Crippen LogP contribution in [0.3, 0.4) is 0 Å². The molecule has 4 heteroatoms. The summed E-state index contributed by atoms with van der Waals surface area (Å²) in [5.74, 6) is -0.639. The Morgan fingerprint density at radius 2 is 1.74 bits per heavy atom. The summed E-state index contributed by atoms with van der Waals surface area (Å²) in [4.78, 5) is 10.7. The first kappa shape index (κ1) is 24.2. The molecule has 1 unspecified atom stereocenters. The molecule has 0 amide bonds. The summed E-state index contributed by atoms with van der Waals surface area (Å²) in [7, 11) is 0. The first-order valence-corrected chi connectivity index (χ1v) is 12.2. The highest BCUT2D eigenvalue weighted by Crippen LogP contribution is 2.47. The molecule has 34 heavy (non-hydrogen) atoms. The van der Waals surface area contributed by atoms with E-state index in [0.29, 0.717) is 38.9 Å². The number of carboxylic acids is 1. The topological polar surface area (TPSA) is 46.5 Å². The molecule has 1 fully saturated rings. The number of halogens is 1. The molecule has 3 aromatic carbocycles. The Bertz CT molecular complexity index is 1090. The fraction of sp³-hybridized carbons (Fsp3) is 0.367. The molecule has 4 atom stereocenters. The van der Waals surface area contributed by atoms with Crippen LogP contribution in [0.1, 0.15) is 49.1 Å². The molecule has 1 N–H and O–H groups in total. The first-order valence-electron chi connectivity index (χ1n) is 12.2. The summed E-state index contributed by atoms with van der Waals surface area (Å²) in [5.41, 5.74) is 2.30. The number of fused-ring (bicyclic) bond motifs is 1. The largest absolute Gasteiger partial charge is 0.481 e. The molecule has 0 radical (unpaired) electrons. The standard InChI is InChI=1S/C30H33FO3/c31-29-19-27(24-11-4-3-5-12-24)28(26(29)14-6-1-2-7-15-30(32)33)21-34-20-22-16-17-23-10-8-9-13-25(23)18-22/h1,3-6,8-13,16-18,26-29H,2,7,14-15,19-21H2,(H,32,33)/b6-1-/t26-,27?,28-,29+/m1/s1. The summed E-state index contributed by atoms with van der Waals surface area (Å²) < 4.78 is 21.4. The van der Waals surface area contributed by atoms with Gasteiger partial charge in [-0.05, 0) is 71.4 Å². The van der Waals surface area contributed by atoms with Gasteiger partial charge in [-0.2, -0.15) is 0 Å². The number of carboxylic acid groups (broad SMARTS) is 1. The van der Waals surface area contributed by atoms with E-state index in [1.165, 1.54) is 16.3 Å². The maximum absolute atomic E-state index is 15.2. The fourth-order valence-electron chi connectivity index (χ4n) is 5.19. The summed E-state index contributed by atoms with van der Waals surface area (Å²) >= 11 is 0. The molecule has 1 aliphatic carbocycles. The smallest absolute Gasteiger partial charge is 0.303 e. The minimum absolute atomic E-state index is 0.0986. The van der Waals surface area contributed by atoms with E-state index in [1.54, 1.807) is 0 Å². The molecule has 0 saturated heterocycles. The van der Waals surface area contributed by atoms with Gasteiger partial charge in [-0.15, -0.1) is 0 Å². The molecule has 0 aromatic heterocycles. The molecule has 1 saturated carbocycles. The van der Waals surface area contributed by atoms with Crippen LogP contribution in [0.2, 0.25) is 0 Å². The van der Waals surface area contributed by atoms with E-state index in [9.17, 15) is 4.79 Å². The number of allylic oxidation sites excluding steroid dienone is 2. The molecule has 1 aliphatic rings. The van der Waals surface area contributed by atoms with Crippen molar-refractivity contribution in [3.63, 3.8) is 0 Å². The summed E-state index contributed by atoms with van der Waals surface area (Å²) in [6.45, 7) is 1.03. The molecular weight excluding hydrogens is 427 g/mol. The summed E-state index contributed by atoms with van der Waals surface area (Å²) in [6, 6.07) is 24.9.